The minimum Gasteiger partial charge on any atom is -0.361 e. The second kappa shape index (κ2) is 3.70. The van der Waals surface area contributed by atoms with Crippen LogP contribution in [0.5, 0.6) is 0 Å². The number of epoxide rings is 1. The lowest BCUT2D eigenvalue weighted by Crippen LogP contribution is -2.30. The lowest BCUT2D eigenvalue weighted by molar-refractivity contribution is -0.0508. The van der Waals surface area contributed by atoms with E-state index in [4.69, 9.17) is 4.74 Å². The van der Waals surface area contributed by atoms with Crippen molar-refractivity contribution in [3.63, 3.8) is 0 Å². The Morgan fingerprint density at radius 1 is 1.06 bits per heavy atom. The Balaban J connectivity index is 1.80. The predicted molar refractivity (Wildman–Crippen MR) is 56.3 cm³/mol. The van der Waals surface area contributed by atoms with Gasteiger partial charge in [0.25, 0.3) is 0 Å². The number of benzene rings is 1. The first-order chi connectivity index (χ1) is 8.44. The Morgan fingerprint density at radius 3 is 2.39 bits per heavy atom. The van der Waals surface area contributed by atoms with Gasteiger partial charge in [0, 0.05) is 18.4 Å². The molecule has 2 fully saturated rings. The van der Waals surface area contributed by atoms with E-state index in [0.29, 0.717) is 0 Å². The monoisotopic (exact) mass is 260 g/mol. The summed E-state index contributed by atoms with van der Waals surface area (Å²) >= 11 is 0. The van der Waals surface area contributed by atoms with Crippen LogP contribution in [-0.2, 0) is 4.74 Å². The van der Waals surface area contributed by atoms with Gasteiger partial charge in [-0.2, -0.15) is 0 Å². The molecule has 1 nitrogen and oxygen atoms in total. The van der Waals surface area contributed by atoms with Crippen LogP contribution in [0.15, 0.2) is 18.2 Å². The zero-order valence-electron chi connectivity index (χ0n) is 9.56. The SMILES string of the molecule is Fc1cccc(C2OC23CCC(F)(F)CC3)c1F. The Hall–Kier alpha value is -1.10. The van der Waals surface area contributed by atoms with Crippen LogP contribution in [0.25, 0.3) is 0 Å². The highest BCUT2D eigenvalue weighted by molar-refractivity contribution is 5.29. The summed E-state index contributed by atoms with van der Waals surface area (Å²) in [4.78, 5) is 0. The van der Waals surface area contributed by atoms with E-state index in [0.717, 1.165) is 6.07 Å². The zero-order chi connectivity index (χ0) is 13.0. The maximum absolute atomic E-state index is 13.6. The molecule has 0 aromatic heterocycles. The summed E-state index contributed by atoms with van der Waals surface area (Å²) in [5, 5.41) is 0. The molecule has 0 bridgehead atoms. The highest BCUT2D eigenvalue weighted by Gasteiger charge is 2.61. The summed E-state index contributed by atoms with van der Waals surface area (Å²) in [5.74, 6) is -4.52. The van der Waals surface area contributed by atoms with Crippen LogP contribution >= 0.6 is 0 Å². The van der Waals surface area contributed by atoms with E-state index < -0.39 is 29.3 Å². The molecule has 1 aromatic rings. The Kier molecular flexibility index (Phi) is 2.46. The van der Waals surface area contributed by atoms with Crippen molar-refractivity contribution in [2.24, 2.45) is 0 Å². The maximum Gasteiger partial charge on any atom is 0.248 e. The second-order valence-corrected chi connectivity index (χ2v) is 5.06. The van der Waals surface area contributed by atoms with Crippen molar-refractivity contribution < 1.29 is 22.3 Å². The molecule has 1 spiro atoms. The molecule has 98 valence electrons. The average molecular weight is 260 g/mol. The van der Waals surface area contributed by atoms with Gasteiger partial charge in [-0.1, -0.05) is 12.1 Å². The van der Waals surface area contributed by atoms with E-state index in [-0.39, 0.29) is 31.2 Å². The topological polar surface area (TPSA) is 12.5 Å². The minimum atomic E-state index is -2.65. The van der Waals surface area contributed by atoms with Gasteiger partial charge in [-0.25, -0.2) is 17.6 Å². The molecular formula is C13H12F4O. The third-order valence-electron chi connectivity index (χ3n) is 3.86. The van der Waals surface area contributed by atoms with Gasteiger partial charge in [-0.05, 0) is 18.9 Å². The second-order valence-electron chi connectivity index (χ2n) is 5.06. The number of halogens is 4. The molecule has 1 atom stereocenters. The third-order valence-corrected chi connectivity index (χ3v) is 3.86. The van der Waals surface area contributed by atoms with Crippen molar-refractivity contribution in [3.05, 3.63) is 35.4 Å². The number of hydrogen-bond donors (Lipinski definition) is 0. The van der Waals surface area contributed by atoms with Crippen molar-refractivity contribution >= 4 is 0 Å². The first-order valence-corrected chi connectivity index (χ1v) is 5.93. The molecular weight excluding hydrogens is 248 g/mol. The van der Waals surface area contributed by atoms with Gasteiger partial charge in [-0.3, -0.25) is 0 Å². The van der Waals surface area contributed by atoms with E-state index >= 15 is 0 Å². The van der Waals surface area contributed by atoms with Crippen LogP contribution in [0.3, 0.4) is 0 Å². The van der Waals surface area contributed by atoms with Crippen molar-refractivity contribution in [1.29, 1.82) is 0 Å². The standard InChI is InChI=1S/C13H12F4O/c14-9-3-1-2-8(10(9)15)11-12(18-11)4-6-13(16,17)7-5-12/h1-3,11H,4-7H2. The fourth-order valence-corrected chi connectivity index (χ4v) is 2.69. The van der Waals surface area contributed by atoms with Gasteiger partial charge in [0.05, 0.1) is 5.60 Å². The molecule has 0 radical (unpaired) electrons. The molecule has 0 N–H and O–H groups in total. The van der Waals surface area contributed by atoms with E-state index in [1.165, 1.54) is 12.1 Å². The summed E-state index contributed by atoms with van der Waals surface area (Å²) in [6, 6.07) is 3.88. The lowest BCUT2D eigenvalue weighted by Gasteiger charge is -2.26. The number of ether oxygens (including phenoxy) is 1. The summed E-state index contributed by atoms with van der Waals surface area (Å²) in [6.07, 6.45) is -0.688. The average Bonchev–Trinajstić information content (AvgIpc) is 3.02. The van der Waals surface area contributed by atoms with Gasteiger partial charge in [0.1, 0.15) is 6.10 Å². The summed E-state index contributed by atoms with van der Waals surface area (Å²) < 4.78 is 58.2. The lowest BCUT2D eigenvalue weighted by atomic mass is 9.82. The van der Waals surface area contributed by atoms with Crippen molar-refractivity contribution in [1.82, 2.24) is 0 Å². The molecule has 1 unspecified atom stereocenters. The van der Waals surface area contributed by atoms with Crippen LogP contribution in [-0.4, -0.2) is 11.5 Å². The molecule has 2 aliphatic rings. The Labute approximate surface area is 102 Å². The normalized spacial score (nSPS) is 28.3. The number of alkyl halides is 2. The summed E-state index contributed by atoms with van der Waals surface area (Å²) in [5.41, 5.74) is -0.559. The third kappa shape index (κ3) is 1.81. The maximum atomic E-state index is 13.6. The highest BCUT2D eigenvalue weighted by atomic mass is 19.3. The highest BCUT2D eigenvalue weighted by Crippen LogP contribution is 2.60. The largest absolute Gasteiger partial charge is 0.361 e. The van der Waals surface area contributed by atoms with Crippen molar-refractivity contribution in [3.8, 4) is 0 Å². The van der Waals surface area contributed by atoms with Crippen LogP contribution in [0, 0.1) is 11.6 Å². The molecule has 1 aliphatic heterocycles. The van der Waals surface area contributed by atoms with Crippen LogP contribution < -0.4 is 0 Å². The summed E-state index contributed by atoms with van der Waals surface area (Å²) in [7, 11) is 0. The van der Waals surface area contributed by atoms with Gasteiger partial charge in [0.2, 0.25) is 5.92 Å². The molecule has 0 amide bonds. The predicted octanol–water partition coefficient (Wildman–Crippen LogP) is 3.98. The molecule has 1 saturated heterocycles. The molecule has 1 saturated carbocycles. The van der Waals surface area contributed by atoms with Crippen LogP contribution in [0.2, 0.25) is 0 Å². The molecule has 18 heavy (non-hydrogen) atoms. The Bertz CT molecular complexity index is 476. The van der Waals surface area contributed by atoms with Gasteiger partial charge in [-0.15, -0.1) is 0 Å². The first-order valence-electron chi connectivity index (χ1n) is 5.93. The fourth-order valence-electron chi connectivity index (χ4n) is 2.69. The Morgan fingerprint density at radius 2 is 1.72 bits per heavy atom. The van der Waals surface area contributed by atoms with Gasteiger partial charge in [0.15, 0.2) is 11.6 Å². The number of hydrogen-bond acceptors (Lipinski definition) is 1. The van der Waals surface area contributed by atoms with Crippen molar-refractivity contribution in [2.45, 2.75) is 43.3 Å². The van der Waals surface area contributed by atoms with Crippen molar-refractivity contribution in [2.75, 3.05) is 0 Å². The zero-order valence-corrected chi connectivity index (χ0v) is 9.56. The molecule has 3 rings (SSSR count). The van der Waals surface area contributed by atoms with E-state index in [1.807, 2.05) is 0 Å². The summed E-state index contributed by atoms with van der Waals surface area (Å²) in [6.45, 7) is 0. The van der Waals surface area contributed by atoms with Gasteiger partial charge >= 0.3 is 0 Å². The first kappa shape index (κ1) is 12.0. The van der Waals surface area contributed by atoms with E-state index in [2.05, 4.69) is 0 Å². The number of rotatable bonds is 1. The van der Waals surface area contributed by atoms with E-state index in [9.17, 15) is 17.6 Å². The fraction of sp³-hybridized carbons (Fsp3) is 0.538. The van der Waals surface area contributed by atoms with Crippen LogP contribution in [0.4, 0.5) is 17.6 Å². The smallest absolute Gasteiger partial charge is 0.248 e. The molecule has 1 aromatic carbocycles. The quantitative estimate of drug-likeness (QED) is 0.549. The van der Waals surface area contributed by atoms with Gasteiger partial charge < -0.3 is 4.74 Å². The molecule has 5 heteroatoms. The molecule has 1 heterocycles. The van der Waals surface area contributed by atoms with E-state index in [1.54, 1.807) is 0 Å². The minimum absolute atomic E-state index is 0.139. The molecule has 1 aliphatic carbocycles. The van der Waals surface area contributed by atoms with Crippen LogP contribution in [0.1, 0.15) is 37.4 Å².